The summed E-state index contributed by atoms with van der Waals surface area (Å²) in [6.07, 6.45) is -4.28. The van der Waals surface area contributed by atoms with E-state index in [0.29, 0.717) is 11.5 Å². The Morgan fingerprint density at radius 1 is 1.05 bits per heavy atom. The van der Waals surface area contributed by atoms with E-state index in [4.69, 9.17) is 0 Å². The summed E-state index contributed by atoms with van der Waals surface area (Å²) in [5.74, 6) is 0.507. The van der Waals surface area contributed by atoms with Crippen molar-refractivity contribution in [3.05, 3.63) is 35.4 Å². The van der Waals surface area contributed by atoms with Crippen molar-refractivity contribution in [2.24, 2.45) is 16.7 Å². The maximum Gasteiger partial charge on any atom is 0.416 e. The van der Waals surface area contributed by atoms with Crippen molar-refractivity contribution in [3.8, 4) is 0 Å². The van der Waals surface area contributed by atoms with Gasteiger partial charge in [0, 0.05) is 6.54 Å². The Morgan fingerprint density at radius 2 is 1.60 bits per heavy atom. The summed E-state index contributed by atoms with van der Waals surface area (Å²) < 4.78 is 38.6. The molecule has 1 aromatic rings. The van der Waals surface area contributed by atoms with Crippen LogP contribution in [0.3, 0.4) is 0 Å². The molecule has 1 nitrogen and oxygen atoms in total. The molecule has 0 aromatic heterocycles. The fourth-order valence-corrected chi connectivity index (χ4v) is 3.15. The topological polar surface area (TPSA) is 12.0 Å². The van der Waals surface area contributed by atoms with E-state index in [-0.39, 0.29) is 17.4 Å². The van der Waals surface area contributed by atoms with Gasteiger partial charge in [-0.3, -0.25) is 0 Å². The molecule has 0 heterocycles. The molecule has 1 aromatic carbocycles. The van der Waals surface area contributed by atoms with Crippen LogP contribution in [-0.2, 0) is 12.7 Å². The minimum Gasteiger partial charge on any atom is -0.312 e. The smallest absolute Gasteiger partial charge is 0.312 e. The van der Waals surface area contributed by atoms with Crippen molar-refractivity contribution < 1.29 is 13.2 Å². The lowest BCUT2D eigenvalue weighted by molar-refractivity contribution is -0.138. The lowest BCUT2D eigenvalue weighted by atomic mass is 10.0. The van der Waals surface area contributed by atoms with Gasteiger partial charge in [-0.2, -0.15) is 13.2 Å². The summed E-state index contributed by atoms with van der Waals surface area (Å²) in [5, 5.41) is 3.19. The van der Waals surface area contributed by atoms with E-state index in [0.717, 1.165) is 12.6 Å². The molecule has 1 aliphatic rings. The van der Waals surface area contributed by atoms with Crippen LogP contribution in [0.15, 0.2) is 24.3 Å². The predicted molar refractivity (Wildman–Crippen MR) is 74.2 cm³/mol. The number of alkyl halides is 3. The molecule has 2 rings (SSSR count). The van der Waals surface area contributed by atoms with Crippen LogP contribution in [-0.4, -0.2) is 6.54 Å². The lowest BCUT2D eigenvalue weighted by Gasteiger charge is -2.13. The molecule has 0 spiro atoms. The van der Waals surface area contributed by atoms with Crippen molar-refractivity contribution >= 4 is 0 Å². The molecule has 112 valence electrons. The molecule has 1 fully saturated rings. The van der Waals surface area contributed by atoms with Crippen LogP contribution in [0.25, 0.3) is 0 Å². The molecular formula is C16H22F3N. The van der Waals surface area contributed by atoms with Crippen LogP contribution in [0.5, 0.6) is 0 Å². The van der Waals surface area contributed by atoms with Gasteiger partial charge in [-0.25, -0.2) is 0 Å². The number of benzene rings is 1. The van der Waals surface area contributed by atoms with Gasteiger partial charge < -0.3 is 5.32 Å². The third-order valence-corrected chi connectivity index (χ3v) is 5.31. The summed E-state index contributed by atoms with van der Waals surface area (Å²) in [6, 6.07) is 5.76. The van der Waals surface area contributed by atoms with E-state index < -0.39 is 11.7 Å². The molecule has 0 unspecified atom stereocenters. The first-order valence-corrected chi connectivity index (χ1v) is 6.94. The Kier molecular flexibility index (Phi) is 3.66. The molecule has 0 bridgehead atoms. The quantitative estimate of drug-likeness (QED) is 0.860. The Morgan fingerprint density at radius 3 is 2.10 bits per heavy atom. The average molecular weight is 285 g/mol. The molecule has 1 N–H and O–H groups in total. The van der Waals surface area contributed by atoms with E-state index >= 15 is 0 Å². The van der Waals surface area contributed by atoms with E-state index in [9.17, 15) is 13.2 Å². The minimum atomic E-state index is -4.28. The van der Waals surface area contributed by atoms with Crippen molar-refractivity contribution in [2.75, 3.05) is 6.54 Å². The van der Waals surface area contributed by atoms with Gasteiger partial charge in [0.1, 0.15) is 0 Å². The average Bonchev–Trinajstić information content (AvgIpc) is 2.70. The van der Waals surface area contributed by atoms with Crippen LogP contribution in [0, 0.1) is 16.7 Å². The van der Waals surface area contributed by atoms with Gasteiger partial charge in [-0.1, -0.05) is 45.9 Å². The van der Waals surface area contributed by atoms with Crippen LogP contribution < -0.4 is 5.32 Å². The molecule has 0 atom stereocenters. The zero-order valence-corrected chi connectivity index (χ0v) is 12.4. The highest BCUT2D eigenvalue weighted by atomic mass is 19.4. The standard InChI is InChI=1S/C16H22F3N/c1-14(2)13(15(14,3)4)10-20-9-11-7-5-6-8-12(11)16(17,18)19/h5-8,13,20H,9-10H2,1-4H3. The zero-order chi connectivity index (χ0) is 15.2. The van der Waals surface area contributed by atoms with Gasteiger partial charge >= 0.3 is 6.18 Å². The molecule has 4 heteroatoms. The van der Waals surface area contributed by atoms with Crippen LogP contribution in [0.2, 0.25) is 0 Å². The highest BCUT2D eigenvalue weighted by molar-refractivity contribution is 5.29. The monoisotopic (exact) mass is 285 g/mol. The van der Waals surface area contributed by atoms with Gasteiger partial charge in [0.05, 0.1) is 5.56 Å². The summed E-state index contributed by atoms with van der Waals surface area (Å²) >= 11 is 0. The molecule has 0 radical (unpaired) electrons. The number of halogens is 3. The van der Waals surface area contributed by atoms with E-state index in [1.165, 1.54) is 6.07 Å². The predicted octanol–water partition coefficient (Wildman–Crippen LogP) is 4.48. The SMILES string of the molecule is CC1(C)C(CNCc2ccccc2C(F)(F)F)C1(C)C. The number of rotatable bonds is 4. The van der Waals surface area contributed by atoms with E-state index in [1.807, 2.05) is 0 Å². The van der Waals surface area contributed by atoms with Crippen molar-refractivity contribution in [3.63, 3.8) is 0 Å². The lowest BCUT2D eigenvalue weighted by Crippen LogP contribution is -2.21. The zero-order valence-electron chi connectivity index (χ0n) is 12.4. The third kappa shape index (κ3) is 2.58. The van der Waals surface area contributed by atoms with E-state index in [1.54, 1.807) is 12.1 Å². The number of hydrogen-bond acceptors (Lipinski definition) is 1. The van der Waals surface area contributed by atoms with Crippen LogP contribution in [0.1, 0.15) is 38.8 Å². The van der Waals surface area contributed by atoms with Crippen LogP contribution in [0.4, 0.5) is 13.2 Å². The second kappa shape index (κ2) is 4.76. The maximum atomic E-state index is 12.9. The summed E-state index contributed by atoms with van der Waals surface area (Å²) in [5.41, 5.74) is 0.283. The highest BCUT2D eigenvalue weighted by Crippen LogP contribution is 2.67. The van der Waals surface area contributed by atoms with Gasteiger partial charge in [0.15, 0.2) is 0 Å². The fraction of sp³-hybridized carbons (Fsp3) is 0.625. The van der Waals surface area contributed by atoms with Crippen molar-refractivity contribution in [1.82, 2.24) is 5.32 Å². The first kappa shape index (κ1) is 15.4. The van der Waals surface area contributed by atoms with Gasteiger partial charge in [-0.15, -0.1) is 0 Å². The second-order valence-electron chi connectivity index (χ2n) is 6.78. The largest absolute Gasteiger partial charge is 0.416 e. The van der Waals surface area contributed by atoms with Crippen molar-refractivity contribution in [2.45, 2.75) is 40.4 Å². The highest BCUT2D eigenvalue weighted by Gasteiger charge is 2.63. The second-order valence-corrected chi connectivity index (χ2v) is 6.78. The Labute approximate surface area is 118 Å². The third-order valence-electron chi connectivity index (χ3n) is 5.31. The molecule has 0 saturated heterocycles. The van der Waals surface area contributed by atoms with Gasteiger partial charge in [0.2, 0.25) is 0 Å². The van der Waals surface area contributed by atoms with Crippen LogP contribution >= 0.6 is 0 Å². The molecule has 1 aliphatic carbocycles. The number of hydrogen-bond donors (Lipinski definition) is 1. The Bertz CT molecular complexity index is 475. The molecule has 0 amide bonds. The Hall–Kier alpha value is -1.03. The molecule has 0 aliphatic heterocycles. The maximum absolute atomic E-state index is 12.9. The minimum absolute atomic E-state index is 0.254. The van der Waals surface area contributed by atoms with Gasteiger partial charge in [0.25, 0.3) is 0 Å². The van der Waals surface area contributed by atoms with E-state index in [2.05, 4.69) is 33.0 Å². The molecule has 1 saturated carbocycles. The molecule has 20 heavy (non-hydrogen) atoms. The first-order chi connectivity index (χ1) is 9.08. The summed E-state index contributed by atoms with van der Waals surface area (Å²) in [7, 11) is 0. The molecular weight excluding hydrogens is 263 g/mol. The fourth-order valence-electron chi connectivity index (χ4n) is 3.15. The number of nitrogens with one attached hydrogen (secondary N) is 1. The van der Waals surface area contributed by atoms with Crippen molar-refractivity contribution in [1.29, 1.82) is 0 Å². The Balaban J connectivity index is 1.97. The van der Waals surface area contributed by atoms with Gasteiger partial charge in [-0.05, 0) is 34.9 Å². The first-order valence-electron chi connectivity index (χ1n) is 6.94. The summed E-state index contributed by atoms with van der Waals surface area (Å²) in [4.78, 5) is 0. The normalized spacial score (nSPS) is 20.9. The summed E-state index contributed by atoms with van der Waals surface area (Å²) in [6.45, 7) is 9.86.